The lowest BCUT2D eigenvalue weighted by Crippen LogP contribution is -2.13. The largest absolute Gasteiger partial charge is 0.446 e. The molecule has 0 N–H and O–H groups in total. The lowest BCUT2D eigenvalue weighted by atomic mass is 10.2. The predicted octanol–water partition coefficient (Wildman–Crippen LogP) is 2.80. The molecule has 0 atom stereocenters. The second-order valence-corrected chi connectivity index (χ2v) is 4.31. The van der Waals surface area contributed by atoms with E-state index in [9.17, 15) is 4.79 Å². The average molecular weight is 252 g/mol. The fourth-order valence-corrected chi connectivity index (χ4v) is 1.94. The minimum Gasteiger partial charge on any atom is -0.295 e. The molecule has 0 amide bonds. The summed E-state index contributed by atoms with van der Waals surface area (Å²) in [5.41, 5.74) is 2.72. The van der Waals surface area contributed by atoms with Crippen LogP contribution in [0.2, 0.25) is 0 Å². The van der Waals surface area contributed by atoms with Gasteiger partial charge in [0.15, 0.2) is 5.82 Å². The summed E-state index contributed by atoms with van der Waals surface area (Å²) in [6, 6.07) is 17.1. The molecule has 19 heavy (non-hydrogen) atoms. The van der Waals surface area contributed by atoms with Crippen molar-refractivity contribution in [1.82, 2.24) is 9.72 Å². The van der Waals surface area contributed by atoms with Crippen molar-refractivity contribution < 1.29 is 4.52 Å². The van der Waals surface area contributed by atoms with Gasteiger partial charge in [0.1, 0.15) is 0 Å². The molecule has 4 heteroatoms. The number of hydrogen-bond donors (Lipinski definition) is 0. The molecule has 1 aromatic heterocycles. The number of nitrogens with zero attached hydrogens (tertiary/aromatic N) is 2. The van der Waals surface area contributed by atoms with Crippen molar-refractivity contribution in [2.45, 2.75) is 6.92 Å². The van der Waals surface area contributed by atoms with Gasteiger partial charge in [0.25, 0.3) is 0 Å². The van der Waals surface area contributed by atoms with E-state index in [1.54, 1.807) is 0 Å². The summed E-state index contributed by atoms with van der Waals surface area (Å²) < 4.78 is 6.26. The van der Waals surface area contributed by atoms with E-state index in [-0.39, 0.29) is 0 Å². The first-order valence-corrected chi connectivity index (χ1v) is 5.97. The molecule has 94 valence electrons. The Balaban J connectivity index is 2.19. The molecule has 0 radical (unpaired) electrons. The smallest absolute Gasteiger partial charge is 0.295 e. The third-order valence-corrected chi connectivity index (χ3v) is 2.93. The summed E-state index contributed by atoms with van der Waals surface area (Å²) in [4.78, 5) is 11.8. The number of rotatable bonds is 2. The normalized spacial score (nSPS) is 10.6. The minimum atomic E-state index is -0.484. The fourth-order valence-electron chi connectivity index (χ4n) is 1.94. The van der Waals surface area contributed by atoms with Crippen molar-refractivity contribution >= 4 is 0 Å². The Morgan fingerprint density at radius 2 is 1.68 bits per heavy atom. The summed E-state index contributed by atoms with van der Waals surface area (Å²) in [6.07, 6.45) is 0. The highest BCUT2D eigenvalue weighted by Gasteiger charge is 2.13. The second kappa shape index (κ2) is 4.57. The van der Waals surface area contributed by atoms with Crippen molar-refractivity contribution in [3.05, 3.63) is 70.7 Å². The highest BCUT2D eigenvalue weighted by Crippen LogP contribution is 2.19. The maximum Gasteiger partial charge on any atom is 0.446 e. The lowest BCUT2D eigenvalue weighted by Gasteiger charge is -2.04. The molecule has 0 aliphatic rings. The van der Waals surface area contributed by atoms with Crippen LogP contribution in [0.1, 0.15) is 5.56 Å². The van der Waals surface area contributed by atoms with Crippen LogP contribution in [0.5, 0.6) is 0 Å². The first-order valence-electron chi connectivity index (χ1n) is 5.97. The van der Waals surface area contributed by atoms with E-state index in [2.05, 4.69) is 5.16 Å². The standard InChI is InChI=1S/C15H12N2O2/c1-11-7-9-13(10-8-11)17-14(16-19-15(17)18)12-5-3-2-4-6-12/h2-10H,1H3. The van der Waals surface area contributed by atoms with Crippen LogP contribution in [0.4, 0.5) is 0 Å². The maximum absolute atomic E-state index is 11.8. The number of aryl methyl sites for hydroxylation is 1. The molecule has 0 aliphatic carbocycles. The Labute approximate surface area is 109 Å². The van der Waals surface area contributed by atoms with Crippen LogP contribution in [-0.2, 0) is 0 Å². The van der Waals surface area contributed by atoms with Crippen molar-refractivity contribution in [3.63, 3.8) is 0 Å². The third kappa shape index (κ3) is 2.08. The summed E-state index contributed by atoms with van der Waals surface area (Å²) in [5.74, 6) is 0.0251. The summed E-state index contributed by atoms with van der Waals surface area (Å²) in [5, 5.41) is 3.86. The molecule has 0 aliphatic heterocycles. The molecule has 1 heterocycles. The second-order valence-electron chi connectivity index (χ2n) is 4.31. The third-order valence-electron chi connectivity index (χ3n) is 2.93. The quantitative estimate of drug-likeness (QED) is 0.704. The van der Waals surface area contributed by atoms with Crippen LogP contribution in [0.15, 0.2) is 63.9 Å². The summed E-state index contributed by atoms with van der Waals surface area (Å²) >= 11 is 0. The zero-order valence-electron chi connectivity index (χ0n) is 10.4. The molecule has 0 fully saturated rings. The van der Waals surface area contributed by atoms with E-state index in [0.717, 1.165) is 16.8 Å². The monoisotopic (exact) mass is 252 g/mol. The first-order chi connectivity index (χ1) is 9.25. The van der Waals surface area contributed by atoms with Crippen molar-refractivity contribution in [1.29, 1.82) is 0 Å². The maximum atomic E-state index is 11.8. The van der Waals surface area contributed by atoms with Gasteiger partial charge in [0.2, 0.25) is 0 Å². The molecule has 3 aromatic rings. The topological polar surface area (TPSA) is 48.0 Å². The van der Waals surface area contributed by atoms with Crippen LogP contribution >= 0.6 is 0 Å². The van der Waals surface area contributed by atoms with Gasteiger partial charge in [-0.3, -0.25) is 4.52 Å². The van der Waals surface area contributed by atoms with E-state index < -0.39 is 5.76 Å². The van der Waals surface area contributed by atoms with Crippen LogP contribution < -0.4 is 5.76 Å². The van der Waals surface area contributed by atoms with Gasteiger partial charge in [-0.25, -0.2) is 9.36 Å². The fraction of sp³-hybridized carbons (Fsp3) is 0.0667. The van der Waals surface area contributed by atoms with Gasteiger partial charge in [-0.1, -0.05) is 53.2 Å². The van der Waals surface area contributed by atoms with Crippen LogP contribution in [0, 0.1) is 6.92 Å². The van der Waals surface area contributed by atoms with Gasteiger partial charge in [-0.15, -0.1) is 0 Å². The minimum absolute atomic E-state index is 0.484. The van der Waals surface area contributed by atoms with Gasteiger partial charge in [0.05, 0.1) is 5.69 Å². The molecular formula is C15H12N2O2. The molecule has 3 rings (SSSR count). The Morgan fingerprint density at radius 1 is 1.00 bits per heavy atom. The molecule has 4 nitrogen and oxygen atoms in total. The first kappa shape index (κ1) is 11.5. The molecule has 0 bridgehead atoms. The number of hydrogen-bond acceptors (Lipinski definition) is 3. The highest BCUT2D eigenvalue weighted by atomic mass is 16.5. The average Bonchev–Trinajstić information content (AvgIpc) is 2.83. The zero-order valence-corrected chi connectivity index (χ0v) is 10.4. The molecule has 0 unspecified atom stereocenters. The molecule has 0 saturated heterocycles. The SMILES string of the molecule is Cc1ccc(-n2c(-c3ccccc3)noc2=O)cc1. The van der Waals surface area contributed by atoms with Crippen LogP contribution in [-0.4, -0.2) is 9.72 Å². The summed E-state index contributed by atoms with van der Waals surface area (Å²) in [6.45, 7) is 2.00. The van der Waals surface area contributed by atoms with E-state index in [1.807, 2.05) is 61.5 Å². The van der Waals surface area contributed by atoms with Crippen molar-refractivity contribution in [2.75, 3.05) is 0 Å². The Kier molecular flexibility index (Phi) is 2.76. The van der Waals surface area contributed by atoms with E-state index in [1.165, 1.54) is 4.57 Å². The Hall–Kier alpha value is -2.62. The molecule has 0 spiro atoms. The van der Waals surface area contributed by atoms with Crippen molar-refractivity contribution in [2.24, 2.45) is 0 Å². The Morgan fingerprint density at radius 3 is 2.37 bits per heavy atom. The Bertz CT molecular complexity index is 740. The number of benzene rings is 2. The van der Waals surface area contributed by atoms with E-state index >= 15 is 0 Å². The van der Waals surface area contributed by atoms with Gasteiger partial charge in [-0.2, -0.15) is 0 Å². The molecular weight excluding hydrogens is 240 g/mol. The predicted molar refractivity (Wildman–Crippen MR) is 72.3 cm³/mol. The van der Waals surface area contributed by atoms with Crippen molar-refractivity contribution in [3.8, 4) is 17.1 Å². The van der Waals surface area contributed by atoms with Gasteiger partial charge in [-0.05, 0) is 19.1 Å². The van der Waals surface area contributed by atoms with Crippen LogP contribution in [0.25, 0.3) is 17.1 Å². The van der Waals surface area contributed by atoms with E-state index in [4.69, 9.17) is 4.52 Å². The zero-order chi connectivity index (χ0) is 13.2. The van der Waals surface area contributed by atoms with Gasteiger partial charge in [0, 0.05) is 5.56 Å². The van der Waals surface area contributed by atoms with Crippen LogP contribution in [0.3, 0.4) is 0 Å². The summed E-state index contributed by atoms with van der Waals surface area (Å²) in [7, 11) is 0. The molecule has 0 saturated carbocycles. The highest BCUT2D eigenvalue weighted by molar-refractivity contribution is 5.57. The van der Waals surface area contributed by atoms with Gasteiger partial charge < -0.3 is 0 Å². The van der Waals surface area contributed by atoms with Gasteiger partial charge >= 0.3 is 5.76 Å². The van der Waals surface area contributed by atoms with E-state index in [0.29, 0.717) is 5.82 Å². The lowest BCUT2D eigenvalue weighted by molar-refractivity contribution is 0.383. The number of aromatic nitrogens is 2. The molecule has 2 aromatic carbocycles.